The number of aryl methyl sites for hydroxylation is 1. The van der Waals surface area contributed by atoms with E-state index in [0.29, 0.717) is 11.1 Å². The SMILES string of the molecule is Cc1cc(CCO)c(S(N)(=O)=O)c(CCO)c1. The van der Waals surface area contributed by atoms with E-state index >= 15 is 0 Å². The molecule has 17 heavy (non-hydrogen) atoms. The minimum Gasteiger partial charge on any atom is -0.396 e. The molecule has 0 spiro atoms. The molecule has 0 amide bonds. The highest BCUT2D eigenvalue weighted by Crippen LogP contribution is 2.23. The van der Waals surface area contributed by atoms with Gasteiger partial charge in [0.1, 0.15) is 0 Å². The number of nitrogens with two attached hydrogens (primary N) is 1. The highest BCUT2D eigenvalue weighted by molar-refractivity contribution is 7.89. The first-order valence-electron chi connectivity index (χ1n) is 5.27. The zero-order valence-corrected chi connectivity index (χ0v) is 10.5. The summed E-state index contributed by atoms with van der Waals surface area (Å²) in [5.74, 6) is 0. The summed E-state index contributed by atoms with van der Waals surface area (Å²) in [5.41, 5.74) is 1.88. The molecule has 1 aromatic rings. The molecule has 0 saturated carbocycles. The van der Waals surface area contributed by atoms with Crippen LogP contribution in [0.4, 0.5) is 0 Å². The summed E-state index contributed by atoms with van der Waals surface area (Å²) in [6, 6.07) is 3.38. The van der Waals surface area contributed by atoms with Crippen LogP contribution >= 0.6 is 0 Å². The van der Waals surface area contributed by atoms with Crippen LogP contribution in [0.15, 0.2) is 17.0 Å². The van der Waals surface area contributed by atoms with E-state index in [9.17, 15) is 8.42 Å². The Kier molecular flexibility index (Phi) is 4.64. The number of aliphatic hydroxyl groups excluding tert-OH is 2. The molecule has 1 aromatic carbocycles. The summed E-state index contributed by atoms with van der Waals surface area (Å²) in [5, 5.41) is 23.1. The summed E-state index contributed by atoms with van der Waals surface area (Å²) in [6.45, 7) is 1.53. The van der Waals surface area contributed by atoms with Gasteiger partial charge in [-0.1, -0.05) is 17.7 Å². The third-order valence-electron chi connectivity index (χ3n) is 2.43. The molecule has 6 heteroatoms. The number of hydrogen-bond donors (Lipinski definition) is 3. The maximum absolute atomic E-state index is 11.5. The van der Waals surface area contributed by atoms with Gasteiger partial charge < -0.3 is 10.2 Å². The van der Waals surface area contributed by atoms with Gasteiger partial charge in [-0.25, -0.2) is 13.6 Å². The predicted octanol–water partition coefficient (Wildman–Crippen LogP) is -0.288. The van der Waals surface area contributed by atoms with Gasteiger partial charge in [0.2, 0.25) is 10.0 Å². The van der Waals surface area contributed by atoms with E-state index in [1.807, 2.05) is 6.92 Å². The van der Waals surface area contributed by atoms with Gasteiger partial charge in [-0.05, 0) is 30.9 Å². The van der Waals surface area contributed by atoms with Crippen molar-refractivity contribution in [2.45, 2.75) is 24.7 Å². The number of rotatable bonds is 5. The van der Waals surface area contributed by atoms with Crippen molar-refractivity contribution in [3.63, 3.8) is 0 Å². The maximum Gasteiger partial charge on any atom is 0.238 e. The van der Waals surface area contributed by atoms with Crippen LogP contribution in [0.3, 0.4) is 0 Å². The van der Waals surface area contributed by atoms with Crippen LogP contribution in [0.1, 0.15) is 16.7 Å². The standard InChI is InChI=1S/C11H17NO4S/c1-8-6-9(2-4-13)11(17(12,15)16)10(7-8)3-5-14/h6-7,13-14H,2-5H2,1H3,(H2,12,15,16). The number of sulfonamides is 1. The minimum absolute atomic E-state index is 0.0335. The third kappa shape index (κ3) is 3.50. The van der Waals surface area contributed by atoms with Crippen LogP contribution in [-0.2, 0) is 22.9 Å². The van der Waals surface area contributed by atoms with E-state index in [2.05, 4.69) is 0 Å². The molecule has 0 bridgehead atoms. The van der Waals surface area contributed by atoms with Crippen molar-refractivity contribution in [2.24, 2.45) is 5.14 Å². The summed E-state index contributed by atoms with van der Waals surface area (Å²) < 4.78 is 23.1. The lowest BCUT2D eigenvalue weighted by molar-refractivity contribution is 0.296. The Balaban J connectivity index is 3.47. The smallest absolute Gasteiger partial charge is 0.238 e. The molecule has 5 nitrogen and oxygen atoms in total. The maximum atomic E-state index is 11.5. The van der Waals surface area contributed by atoms with Crippen LogP contribution in [-0.4, -0.2) is 31.8 Å². The Labute approximate surface area is 101 Å². The Bertz CT molecular complexity index is 469. The minimum atomic E-state index is -3.85. The Morgan fingerprint density at radius 2 is 1.53 bits per heavy atom. The highest BCUT2D eigenvalue weighted by atomic mass is 32.2. The summed E-state index contributed by atoms with van der Waals surface area (Å²) in [7, 11) is -3.85. The third-order valence-corrected chi connectivity index (χ3v) is 3.53. The van der Waals surface area contributed by atoms with Gasteiger partial charge in [0, 0.05) is 13.2 Å². The number of hydrogen-bond acceptors (Lipinski definition) is 4. The molecule has 0 aromatic heterocycles. The lowest BCUT2D eigenvalue weighted by Gasteiger charge is -2.13. The predicted molar refractivity (Wildman–Crippen MR) is 64.1 cm³/mol. The summed E-state index contributed by atoms with van der Waals surface area (Å²) in [4.78, 5) is 0.0335. The van der Waals surface area contributed by atoms with Crippen LogP contribution < -0.4 is 5.14 Å². The lowest BCUT2D eigenvalue weighted by Crippen LogP contribution is -2.18. The molecular weight excluding hydrogens is 242 g/mol. The molecule has 0 fully saturated rings. The van der Waals surface area contributed by atoms with Crippen molar-refractivity contribution >= 4 is 10.0 Å². The highest BCUT2D eigenvalue weighted by Gasteiger charge is 2.19. The van der Waals surface area contributed by atoms with E-state index in [-0.39, 0.29) is 31.0 Å². The summed E-state index contributed by atoms with van der Waals surface area (Å²) in [6.07, 6.45) is 0.456. The van der Waals surface area contributed by atoms with Crippen LogP contribution in [0.25, 0.3) is 0 Å². The molecule has 0 radical (unpaired) electrons. The fourth-order valence-corrected chi connectivity index (χ4v) is 2.96. The Hall–Kier alpha value is -0.950. The van der Waals surface area contributed by atoms with E-state index in [0.717, 1.165) is 5.56 Å². The van der Waals surface area contributed by atoms with Gasteiger partial charge in [0.25, 0.3) is 0 Å². The second-order valence-electron chi connectivity index (χ2n) is 3.90. The van der Waals surface area contributed by atoms with Crippen LogP contribution in [0.5, 0.6) is 0 Å². The van der Waals surface area contributed by atoms with Crippen LogP contribution in [0, 0.1) is 6.92 Å². The topological polar surface area (TPSA) is 101 Å². The van der Waals surface area contributed by atoms with Gasteiger partial charge in [-0.15, -0.1) is 0 Å². The molecule has 0 unspecified atom stereocenters. The molecule has 96 valence electrons. The van der Waals surface area contributed by atoms with E-state index < -0.39 is 10.0 Å². The zero-order valence-electron chi connectivity index (χ0n) is 9.68. The van der Waals surface area contributed by atoms with E-state index in [1.54, 1.807) is 12.1 Å². The van der Waals surface area contributed by atoms with Crippen molar-refractivity contribution in [1.82, 2.24) is 0 Å². The number of aliphatic hydroxyl groups is 2. The quantitative estimate of drug-likeness (QED) is 0.676. The fraction of sp³-hybridized carbons (Fsp3) is 0.455. The Morgan fingerprint density at radius 1 is 1.12 bits per heavy atom. The van der Waals surface area contributed by atoms with Crippen molar-refractivity contribution in [3.8, 4) is 0 Å². The van der Waals surface area contributed by atoms with Crippen molar-refractivity contribution in [3.05, 3.63) is 28.8 Å². The second kappa shape index (κ2) is 5.59. The van der Waals surface area contributed by atoms with Crippen molar-refractivity contribution < 1.29 is 18.6 Å². The molecule has 0 aliphatic heterocycles. The lowest BCUT2D eigenvalue weighted by atomic mass is 10.0. The molecule has 0 atom stereocenters. The van der Waals surface area contributed by atoms with Gasteiger partial charge in [-0.2, -0.15) is 0 Å². The van der Waals surface area contributed by atoms with Gasteiger partial charge in [-0.3, -0.25) is 0 Å². The first-order valence-corrected chi connectivity index (χ1v) is 6.81. The van der Waals surface area contributed by atoms with Crippen molar-refractivity contribution in [1.29, 1.82) is 0 Å². The average Bonchev–Trinajstić information content (AvgIpc) is 2.15. The van der Waals surface area contributed by atoms with Gasteiger partial charge in [0.15, 0.2) is 0 Å². The monoisotopic (exact) mass is 259 g/mol. The number of benzene rings is 1. The zero-order chi connectivity index (χ0) is 13.1. The van der Waals surface area contributed by atoms with E-state index in [1.165, 1.54) is 0 Å². The molecule has 0 heterocycles. The van der Waals surface area contributed by atoms with Crippen molar-refractivity contribution in [2.75, 3.05) is 13.2 Å². The van der Waals surface area contributed by atoms with E-state index in [4.69, 9.17) is 15.4 Å². The second-order valence-corrected chi connectivity index (χ2v) is 5.40. The normalized spacial score (nSPS) is 11.8. The molecule has 0 aliphatic carbocycles. The molecule has 0 saturated heterocycles. The first kappa shape index (κ1) is 14.1. The molecule has 4 N–H and O–H groups in total. The van der Waals surface area contributed by atoms with Crippen LogP contribution in [0.2, 0.25) is 0 Å². The summed E-state index contributed by atoms with van der Waals surface area (Å²) >= 11 is 0. The molecule has 0 aliphatic rings. The first-order chi connectivity index (χ1) is 7.90. The largest absolute Gasteiger partial charge is 0.396 e. The molecular formula is C11H17NO4S. The average molecular weight is 259 g/mol. The van der Waals surface area contributed by atoms with Gasteiger partial charge >= 0.3 is 0 Å². The Morgan fingerprint density at radius 3 is 1.82 bits per heavy atom. The fourth-order valence-electron chi connectivity index (χ4n) is 1.91. The molecule has 1 rings (SSSR count). The number of primary sulfonamides is 1. The van der Waals surface area contributed by atoms with Gasteiger partial charge in [0.05, 0.1) is 4.90 Å².